The Kier molecular flexibility index (Phi) is 69.3. The van der Waals surface area contributed by atoms with E-state index in [2.05, 4.69) is 41.5 Å². The molecule has 0 saturated heterocycles. The molecular weight excluding hydrogens is 1280 g/mol. The fraction of sp³-hybridized carbons (Fsp3) is 0.949. The molecular formula is C79H154O17P2. The first-order valence-electron chi connectivity index (χ1n) is 41.0. The van der Waals surface area contributed by atoms with E-state index in [1.54, 1.807) is 0 Å². The maximum atomic E-state index is 13.1. The molecule has 0 aromatic rings. The molecule has 0 aliphatic carbocycles. The van der Waals surface area contributed by atoms with E-state index in [9.17, 15) is 43.2 Å². The highest BCUT2D eigenvalue weighted by Gasteiger charge is 2.30. The van der Waals surface area contributed by atoms with Crippen LogP contribution in [0.2, 0.25) is 0 Å². The summed E-state index contributed by atoms with van der Waals surface area (Å²) in [5.74, 6) is -0.527. The van der Waals surface area contributed by atoms with Crippen LogP contribution in [-0.4, -0.2) is 96.7 Å². The van der Waals surface area contributed by atoms with Crippen LogP contribution in [-0.2, 0) is 65.4 Å². The smallest absolute Gasteiger partial charge is 0.462 e. The fourth-order valence-corrected chi connectivity index (χ4v) is 13.8. The van der Waals surface area contributed by atoms with Gasteiger partial charge in [-0.3, -0.25) is 37.3 Å². The molecule has 3 N–H and O–H groups in total. The minimum absolute atomic E-state index is 0.106. The lowest BCUT2D eigenvalue weighted by Gasteiger charge is -2.21. The van der Waals surface area contributed by atoms with Gasteiger partial charge in [-0.2, -0.15) is 0 Å². The van der Waals surface area contributed by atoms with Crippen molar-refractivity contribution in [3.63, 3.8) is 0 Å². The van der Waals surface area contributed by atoms with Gasteiger partial charge < -0.3 is 33.8 Å². The average Bonchev–Trinajstić information content (AvgIpc) is 1.22. The number of aliphatic hydroxyl groups is 1. The molecule has 0 radical (unpaired) electrons. The fourth-order valence-electron chi connectivity index (χ4n) is 12.2. The second kappa shape index (κ2) is 70.7. The zero-order valence-corrected chi connectivity index (χ0v) is 65.9. The van der Waals surface area contributed by atoms with E-state index in [-0.39, 0.29) is 25.7 Å². The van der Waals surface area contributed by atoms with Crippen LogP contribution in [0.3, 0.4) is 0 Å². The molecule has 0 aromatic carbocycles. The minimum atomic E-state index is -4.96. The van der Waals surface area contributed by atoms with Gasteiger partial charge in [0.15, 0.2) is 12.2 Å². The SMILES string of the molecule is CCCCCCCCCCCCCCCCCC(=O)OC[C@H](COP(=O)(O)OC[C@@H](O)COP(=O)(O)OC[C@@H](COC(=O)CCCCCCCCCC)OC(=O)CCCCCCCCCCCCCC(C)C)OC(=O)CCCCCCCCCCCCCCCCCCCCC(C)C. The number of phosphoric acid groups is 2. The predicted octanol–water partition coefficient (Wildman–Crippen LogP) is 23.5. The lowest BCUT2D eigenvalue weighted by Crippen LogP contribution is -2.30. The first kappa shape index (κ1) is 96.1. The van der Waals surface area contributed by atoms with E-state index in [0.717, 1.165) is 108 Å². The van der Waals surface area contributed by atoms with Gasteiger partial charge in [-0.05, 0) is 37.5 Å². The van der Waals surface area contributed by atoms with E-state index in [4.69, 9.17) is 37.0 Å². The Hall–Kier alpha value is -1.94. The Balaban J connectivity index is 5.19. The Labute approximate surface area is 600 Å². The highest BCUT2D eigenvalue weighted by atomic mass is 31.2. The summed E-state index contributed by atoms with van der Waals surface area (Å²) in [6.07, 6.45) is 59.7. The van der Waals surface area contributed by atoms with E-state index >= 15 is 0 Å². The minimum Gasteiger partial charge on any atom is -0.462 e. The third kappa shape index (κ3) is 72.4. The molecule has 0 saturated carbocycles. The molecule has 0 rings (SSSR count). The van der Waals surface area contributed by atoms with Crippen molar-refractivity contribution in [2.45, 2.75) is 432 Å². The zero-order chi connectivity index (χ0) is 72.1. The van der Waals surface area contributed by atoms with Crippen molar-refractivity contribution in [1.29, 1.82) is 0 Å². The van der Waals surface area contributed by atoms with Gasteiger partial charge >= 0.3 is 39.5 Å². The van der Waals surface area contributed by atoms with Crippen molar-refractivity contribution in [1.82, 2.24) is 0 Å². The molecule has 98 heavy (non-hydrogen) atoms. The van der Waals surface area contributed by atoms with Crippen LogP contribution in [0.25, 0.3) is 0 Å². The average molecular weight is 1440 g/mol. The van der Waals surface area contributed by atoms with Gasteiger partial charge in [0.25, 0.3) is 0 Å². The molecule has 0 aliphatic rings. The monoisotopic (exact) mass is 1440 g/mol. The van der Waals surface area contributed by atoms with Gasteiger partial charge in [-0.25, -0.2) is 9.13 Å². The first-order valence-corrected chi connectivity index (χ1v) is 44.0. The van der Waals surface area contributed by atoms with Crippen molar-refractivity contribution >= 4 is 39.5 Å². The first-order chi connectivity index (χ1) is 47.4. The van der Waals surface area contributed by atoms with E-state index in [0.29, 0.717) is 25.7 Å². The number of esters is 4. The molecule has 0 spiro atoms. The molecule has 0 heterocycles. The molecule has 5 atom stereocenters. The van der Waals surface area contributed by atoms with Crippen LogP contribution < -0.4 is 0 Å². The summed E-state index contributed by atoms with van der Waals surface area (Å²) in [6.45, 7) is 9.63. The summed E-state index contributed by atoms with van der Waals surface area (Å²) in [7, 11) is -9.91. The van der Waals surface area contributed by atoms with E-state index < -0.39 is 97.5 Å². The Morgan fingerprint density at radius 2 is 0.469 bits per heavy atom. The number of aliphatic hydroxyl groups excluding tert-OH is 1. The number of hydrogen-bond acceptors (Lipinski definition) is 15. The van der Waals surface area contributed by atoms with Crippen LogP contribution in [0.5, 0.6) is 0 Å². The molecule has 19 heteroatoms. The number of carbonyl (C=O) groups is 4. The van der Waals surface area contributed by atoms with Gasteiger partial charge in [0.05, 0.1) is 26.4 Å². The standard InChI is InChI=1S/C79H154O17P2/c1-7-9-11-13-15-17-18-19-24-28-33-38-44-50-56-62-77(82)90-68-75(96-78(83)63-57-51-45-39-34-29-26-23-21-20-22-25-27-31-36-41-47-53-59-71(3)4)70-94-98(87,88)92-66-73(80)65-91-97(85,86)93-69-74(67-89-76(81)61-55-49-43-16-14-12-10-8-2)95-79(84)64-58-52-46-40-35-30-32-37-42-48-54-60-72(5)6/h71-75,80H,7-70H2,1-6H3,(H,85,86)(H,87,88)/t73-,74+,75+/m0/s1. The van der Waals surface area contributed by atoms with Crippen LogP contribution in [0.1, 0.15) is 414 Å². The Morgan fingerprint density at radius 3 is 0.694 bits per heavy atom. The van der Waals surface area contributed by atoms with Crippen LogP contribution in [0, 0.1) is 11.8 Å². The quantitative estimate of drug-likeness (QED) is 0.0222. The predicted molar refractivity (Wildman–Crippen MR) is 400 cm³/mol. The Morgan fingerprint density at radius 1 is 0.276 bits per heavy atom. The summed E-state index contributed by atoms with van der Waals surface area (Å²) in [4.78, 5) is 72.8. The topological polar surface area (TPSA) is 237 Å². The molecule has 0 fully saturated rings. The van der Waals surface area contributed by atoms with Crippen molar-refractivity contribution in [2.24, 2.45) is 11.8 Å². The van der Waals surface area contributed by atoms with E-state index in [1.807, 2.05) is 0 Å². The number of ether oxygens (including phenoxy) is 4. The maximum absolute atomic E-state index is 13.1. The van der Waals surface area contributed by atoms with Crippen molar-refractivity contribution < 1.29 is 80.2 Å². The number of phosphoric ester groups is 2. The van der Waals surface area contributed by atoms with Crippen LogP contribution in [0.4, 0.5) is 0 Å². The molecule has 582 valence electrons. The van der Waals surface area contributed by atoms with Crippen LogP contribution in [0.15, 0.2) is 0 Å². The highest BCUT2D eigenvalue weighted by molar-refractivity contribution is 7.47. The summed E-state index contributed by atoms with van der Waals surface area (Å²) >= 11 is 0. The lowest BCUT2D eigenvalue weighted by molar-refractivity contribution is -0.161. The Bertz CT molecular complexity index is 1890. The second-order valence-electron chi connectivity index (χ2n) is 29.4. The molecule has 0 amide bonds. The highest BCUT2D eigenvalue weighted by Crippen LogP contribution is 2.45. The van der Waals surface area contributed by atoms with Gasteiger partial charge in [0.1, 0.15) is 19.3 Å². The molecule has 0 aromatic heterocycles. The summed E-state index contributed by atoms with van der Waals surface area (Å²) in [5.41, 5.74) is 0. The van der Waals surface area contributed by atoms with E-state index in [1.165, 1.54) is 225 Å². The number of rotatable bonds is 78. The molecule has 17 nitrogen and oxygen atoms in total. The van der Waals surface area contributed by atoms with Gasteiger partial charge in [0.2, 0.25) is 0 Å². The second-order valence-corrected chi connectivity index (χ2v) is 32.3. The number of carbonyl (C=O) groups excluding carboxylic acids is 4. The van der Waals surface area contributed by atoms with Crippen molar-refractivity contribution in [3.05, 3.63) is 0 Å². The lowest BCUT2D eigenvalue weighted by atomic mass is 10.0. The van der Waals surface area contributed by atoms with Crippen LogP contribution >= 0.6 is 15.6 Å². The molecule has 0 aliphatic heterocycles. The maximum Gasteiger partial charge on any atom is 0.472 e. The summed E-state index contributed by atoms with van der Waals surface area (Å²) in [5, 5.41) is 10.6. The van der Waals surface area contributed by atoms with Crippen molar-refractivity contribution in [3.8, 4) is 0 Å². The summed E-state index contributed by atoms with van der Waals surface area (Å²) in [6, 6.07) is 0. The number of unbranched alkanes of at least 4 members (excludes halogenated alkanes) is 48. The third-order valence-corrected chi connectivity index (χ3v) is 20.4. The largest absolute Gasteiger partial charge is 0.472 e. The summed E-state index contributed by atoms with van der Waals surface area (Å²) < 4.78 is 68.6. The molecule has 0 bridgehead atoms. The van der Waals surface area contributed by atoms with Gasteiger partial charge in [0, 0.05) is 25.7 Å². The zero-order valence-electron chi connectivity index (χ0n) is 64.1. The van der Waals surface area contributed by atoms with Gasteiger partial charge in [-0.15, -0.1) is 0 Å². The molecule has 2 unspecified atom stereocenters. The van der Waals surface area contributed by atoms with Gasteiger partial charge in [-0.1, -0.05) is 363 Å². The van der Waals surface area contributed by atoms with Crippen molar-refractivity contribution in [2.75, 3.05) is 39.6 Å². The number of hydrogen-bond donors (Lipinski definition) is 3. The third-order valence-electron chi connectivity index (χ3n) is 18.5. The normalized spacial score (nSPS) is 13.9.